The van der Waals surface area contributed by atoms with Crippen LogP contribution in [0, 0.1) is 6.92 Å². The van der Waals surface area contributed by atoms with Crippen molar-refractivity contribution < 1.29 is 5.11 Å². The molecule has 1 rings (SSSR count). The lowest BCUT2D eigenvalue weighted by atomic mass is 10.1. The van der Waals surface area contributed by atoms with Gasteiger partial charge in [0.15, 0.2) is 0 Å². The maximum absolute atomic E-state index is 9.90. The van der Waals surface area contributed by atoms with E-state index in [1.807, 2.05) is 25.5 Å². The van der Waals surface area contributed by atoms with Gasteiger partial charge in [0, 0.05) is 19.6 Å². The smallest absolute Gasteiger partial charge is 0.0860 e. The topological polar surface area (TPSA) is 41.3 Å². The Morgan fingerprint density at radius 1 is 1.39 bits per heavy atom. The molecule has 0 radical (unpaired) electrons. The molecule has 5 heteroatoms. The molecule has 1 N–H and O–H groups in total. The van der Waals surface area contributed by atoms with Crippen LogP contribution >= 0.6 is 11.6 Å². The SMILES string of the molecule is CCN(Cc1c(Cl)c(C)nn1CC)CC(C)(C)O. The van der Waals surface area contributed by atoms with Gasteiger partial charge in [-0.05, 0) is 34.2 Å². The van der Waals surface area contributed by atoms with E-state index in [0.717, 1.165) is 29.5 Å². The van der Waals surface area contributed by atoms with Gasteiger partial charge in [-0.1, -0.05) is 18.5 Å². The minimum atomic E-state index is -0.700. The third-order valence-electron chi connectivity index (χ3n) is 2.88. The van der Waals surface area contributed by atoms with E-state index < -0.39 is 5.60 Å². The molecule has 1 aromatic heterocycles. The van der Waals surface area contributed by atoms with E-state index in [0.29, 0.717) is 13.1 Å². The molecule has 0 amide bonds. The van der Waals surface area contributed by atoms with E-state index in [-0.39, 0.29) is 0 Å². The molecular weight excluding hydrogens is 250 g/mol. The van der Waals surface area contributed by atoms with Gasteiger partial charge >= 0.3 is 0 Å². The molecular formula is C13H24ClN3O. The molecule has 0 bridgehead atoms. The van der Waals surface area contributed by atoms with Gasteiger partial charge in [0.25, 0.3) is 0 Å². The van der Waals surface area contributed by atoms with Crippen LogP contribution < -0.4 is 0 Å². The average molecular weight is 274 g/mol. The number of halogens is 1. The number of aliphatic hydroxyl groups is 1. The predicted octanol–water partition coefficient (Wildman–Crippen LogP) is 2.46. The van der Waals surface area contributed by atoms with Gasteiger partial charge in [-0.25, -0.2) is 0 Å². The van der Waals surface area contributed by atoms with Crippen LogP contribution in [-0.2, 0) is 13.1 Å². The number of rotatable bonds is 6. The molecule has 0 saturated heterocycles. The molecule has 18 heavy (non-hydrogen) atoms. The van der Waals surface area contributed by atoms with E-state index in [2.05, 4.69) is 23.8 Å². The maximum Gasteiger partial charge on any atom is 0.0860 e. The number of aromatic nitrogens is 2. The Labute approximate surface area is 115 Å². The maximum atomic E-state index is 9.90. The van der Waals surface area contributed by atoms with E-state index in [1.54, 1.807) is 0 Å². The molecule has 0 spiro atoms. The van der Waals surface area contributed by atoms with Crippen molar-refractivity contribution >= 4 is 11.6 Å². The molecule has 0 unspecified atom stereocenters. The van der Waals surface area contributed by atoms with Gasteiger partial charge in [0.05, 0.1) is 22.0 Å². The number of nitrogens with zero attached hydrogens (tertiary/aromatic N) is 3. The normalized spacial score (nSPS) is 12.4. The monoisotopic (exact) mass is 273 g/mol. The number of hydrogen-bond acceptors (Lipinski definition) is 3. The van der Waals surface area contributed by atoms with Gasteiger partial charge in [-0.2, -0.15) is 5.10 Å². The molecule has 104 valence electrons. The molecule has 0 aliphatic carbocycles. The summed E-state index contributed by atoms with van der Waals surface area (Å²) in [4.78, 5) is 2.18. The summed E-state index contributed by atoms with van der Waals surface area (Å²) in [5.74, 6) is 0. The van der Waals surface area contributed by atoms with Crippen LogP contribution in [0.25, 0.3) is 0 Å². The highest BCUT2D eigenvalue weighted by Gasteiger charge is 2.20. The van der Waals surface area contributed by atoms with Crippen molar-refractivity contribution in [2.75, 3.05) is 13.1 Å². The first-order chi connectivity index (χ1) is 8.28. The minimum absolute atomic E-state index is 0.619. The van der Waals surface area contributed by atoms with Crippen molar-refractivity contribution in [1.82, 2.24) is 14.7 Å². The van der Waals surface area contributed by atoms with E-state index in [9.17, 15) is 5.11 Å². The van der Waals surface area contributed by atoms with Crippen molar-refractivity contribution in [3.63, 3.8) is 0 Å². The molecule has 1 heterocycles. The fourth-order valence-corrected chi connectivity index (χ4v) is 2.25. The zero-order chi connectivity index (χ0) is 13.9. The van der Waals surface area contributed by atoms with Crippen molar-refractivity contribution in [3.8, 4) is 0 Å². The van der Waals surface area contributed by atoms with Crippen LogP contribution in [0.3, 0.4) is 0 Å². The van der Waals surface area contributed by atoms with Crippen molar-refractivity contribution in [2.45, 2.75) is 53.3 Å². The Morgan fingerprint density at radius 2 is 2.00 bits per heavy atom. The van der Waals surface area contributed by atoms with E-state index >= 15 is 0 Å². The molecule has 0 atom stereocenters. The van der Waals surface area contributed by atoms with Gasteiger partial charge in [-0.3, -0.25) is 9.58 Å². The lowest BCUT2D eigenvalue weighted by molar-refractivity contribution is 0.0345. The molecule has 0 saturated carbocycles. The zero-order valence-electron chi connectivity index (χ0n) is 12.0. The summed E-state index contributed by atoms with van der Waals surface area (Å²) >= 11 is 6.29. The van der Waals surface area contributed by atoms with Gasteiger partial charge in [0.1, 0.15) is 0 Å². The average Bonchev–Trinajstić information content (AvgIpc) is 2.53. The van der Waals surface area contributed by atoms with E-state index in [4.69, 9.17) is 11.6 Å². The number of likely N-dealkylation sites (N-methyl/N-ethyl adjacent to an activating group) is 1. The van der Waals surface area contributed by atoms with Gasteiger partial charge in [0.2, 0.25) is 0 Å². The quantitative estimate of drug-likeness (QED) is 0.866. The van der Waals surface area contributed by atoms with Crippen molar-refractivity contribution in [2.24, 2.45) is 0 Å². The summed E-state index contributed by atoms with van der Waals surface area (Å²) in [7, 11) is 0. The lowest BCUT2D eigenvalue weighted by Gasteiger charge is -2.28. The highest BCUT2D eigenvalue weighted by molar-refractivity contribution is 6.31. The zero-order valence-corrected chi connectivity index (χ0v) is 12.8. The first-order valence-electron chi connectivity index (χ1n) is 6.45. The Kier molecular flexibility index (Phi) is 5.20. The molecule has 1 aromatic rings. The highest BCUT2D eigenvalue weighted by Crippen LogP contribution is 2.22. The Balaban J connectivity index is 2.88. The largest absolute Gasteiger partial charge is 0.389 e. The number of aryl methyl sites for hydroxylation is 2. The first-order valence-corrected chi connectivity index (χ1v) is 6.82. The highest BCUT2D eigenvalue weighted by atomic mass is 35.5. The summed E-state index contributed by atoms with van der Waals surface area (Å²) in [5, 5.41) is 15.1. The van der Waals surface area contributed by atoms with Crippen LogP contribution in [0.4, 0.5) is 0 Å². The van der Waals surface area contributed by atoms with Crippen LogP contribution in [0.5, 0.6) is 0 Å². The van der Waals surface area contributed by atoms with Crippen LogP contribution in [-0.4, -0.2) is 38.5 Å². The molecule has 0 aromatic carbocycles. The van der Waals surface area contributed by atoms with Gasteiger partial charge in [-0.15, -0.1) is 0 Å². The third kappa shape index (κ3) is 3.97. The van der Waals surface area contributed by atoms with Crippen molar-refractivity contribution in [1.29, 1.82) is 0 Å². The molecule has 0 aliphatic rings. The Hall–Kier alpha value is -0.580. The molecule has 4 nitrogen and oxygen atoms in total. The van der Waals surface area contributed by atoms with Crippen LogP contribution in [0.1, 0.15) is 39.1 Å². The fourth-order valence-electron chi connectivity index (χ4n) is 2.06. The minimum Gasteiger partial charge on any atom is -0.389 e. The second-order valence-corrected chi connectivity index (χ2v) is 5.66. The van der Waals surface area contributed by atoms with Crippen molar-refractivity contribution in [3.05, 3.63) is 16.4 Å². The predicted molar refractivity (Wildman–Crippen MR) is 74.9 cm³/mol. The number of hydrogen-bond donors (Lipinski definition) is 1. The summed E-state index contributed by atoms with van der Waals surface area (Å²) in [6, 6.07) is 0. The lowest BCUT2D eigenvalue weighted by Crippen LogP contribution is -2.38. The molecule has 0 fully saturated rings. The first kappa shape index (κ1) is 15.5. The Bertz CT molecular complexity index is 396. The summed E-state index contributed by atoms with van der Waals surface area (Å²) in [6.07, 6.45) is 0. The van der Waals surface area contributed by atoms with E-state index in [1.165, 1.54) is 0 Å². The second-order valence-electron chi connectivity index (χ2n) is 5.28. The standard InChI is InChI=1S/C13H24ClN3O/c1-6-16(9-13(4,5)18)8-11-12(14)10(3)15-17(11)7-2/h18H,6-9H2,1-5H3. The third-order valence-corrected chi connectivity index (χ3v) is 3.38. The summed E-state index contributed by atoms with van der Waals surface area (Å²) in [5.41, 5.74) is 1.20. The fraction of sp³-hybridized carbons (Fsp3) is 0.769. The summed E-state index contributed by atoms with van der Waals surface area (Å²) in [6.45, 7) is 12.7. The second kappa shape index (κ2) is 6.04. The van der Waals surface area contributed by atoms with Gasteiger partial charge < -0.3 is 5.11 Å². The Morgan fingerprint density at radius 3 is 2.44 bits per heavy atom. The van der Waals surface area contributed by atoms with Crippen LogP contribution in [0.15, 0.2) is 0 Å². The molecule has 0 aliphatic heterocycles. The van der Waals surface area contributed by atoms with Crippen LogP contribution in [0.2, 0.25) is 5.02 Å². The summed E-state index contributed by atoms with van der Waals surface area (Å²) < 4.78 is 1.94.